The van der Waals surface area contributed by atoms with Crippen LogP contribution in [0.1, 0.15) is 15.9 Å². The summed E-state index contributed by atoms with van der Waals surface area (Å²) in [5.41, 5.74) is 8.10. The normalized spacial score (nSPS) is 13.4. The van der Waals surface area contributed by atoms with Gasteiger partial charge in [-0.25, -0.2) is 8.78 Å². The zero-order valence-corrected chi connectivity index (χ0v) is 10.6. The quantitative estimate of drug-likeness (QED) is 0.813. The molecule has 1 heterocycles. The summed E-state index contributed by atoms with van der Waals surface area (Å²) in [6.45, 7) is 0.459. The minimum atomic E-state index is -0.764. The molecule has 0 aromatic heterocycles. The second kappa shape index (κ2) is 4.59. The van der Waals surface area contributed by atoms with E-state index < -0.39 is 17.5 Å². The molecule has 0 spiro atoms. The third-order valence-corrected chi connectivity index (χ3v) is 3.42. The molecule has 0 aliphatic carbocycles. The van der Waals surface area contributed by atoms with E-state index in [1.54, 1.807) is 18.2 Å². The van der Waals surface area contributed by atoms with Crippen molar-refractivity contribution < 1.29 is 13.6 Å². The number of nitrogens with zero attached hydrogens (tertiary/aromatic N) is 1. The average Bonchev–Trinajstić information content (AvgIpc) is 2.82. The molecule has 0 atom stereocenters. The fourth-order valence-corrected chi connectivity index (χ4v) is 2.51. The minimum absolute atomic E-state index is 0.00206. The molecule has 1 aliphatic rings. The molecule has 0 bridgehead atoms. The van der Waals surface area contributed by atoms with Crippen molar-refractivity contribution in [1.29, 1.82) is 0 Å². The molecule has 2 aromatic carbocycles. The van der Waals surface area contributed by atoms with Crippen molar-refractivity contribution in [2.24, 2.45) is 0 Å². The molecule has 0 saturated heterocycles. The molecule has 2 aromatic rings. The maximum atomic E-state index is 13.2. The SMILES string of the molecule is Nc1cccc2c1CCN2C(=O)c1cc(F)cc(F)c1. The van der Waals surface area contributed by atoms with Gasteiger partial charge in [-0.3, -0.25) is 4.79 Å². The summed E-state index contributed by atoms with van der Waals surface area (Å²) < 4.78 is 26.4. The molecular weight excluding hydrogens is 262 g/mol. The Hall–Kier alpha value is -2.43. The highest BCUT2D eigenvalue weighted by Crippen LogP contribution is 2.33. The van der Waals surface area contributed by atoms with E-state index in [1.807, 2.05) is 0 Å². The number of carbonyl (C=O) groups is 1. The summed E-state index contributed by atoms with van der Waals surface area (Å²) in [6.07, 6.45) is 0.644. The summed E-state index contributed by atoms with van der Waals surface area (Å²) in [7, 11) is 0. The Bertz CT molecular complexity index is 680. The van der Waals surface area contributed by atoms with Crippen LogP contribution in [0.5, 0.6) is 0 Å². The molecule has 0 saturated carbocycles. The summed E-state index contributed by atoms with van der Waals surface area (Å²) in [4.78, 5) is 13.9. The lowest BCUT2D eigenvalue weighted by molar-refractivity contribution is 0.0988. The van der Waals surface area contributed by atoms with Crippen LogP contribution in [-0.4, -0.2) is 12.5 Å². The van der Waals surface area contributed by atoms with E-state index in [0.717, 1.165) is 23.8 Å². The number of hydrogen-bond donors (Lipinski definition) is 1. The van der Waals surface area contributed by atoms with Gasteiger partial charge in [0.1, 0.15) is 11.6 Å². The number of carbonyl (C=O) groups excluding carboxylic acids is 1. The van der Waals surface area contributed by atoms with Gasteiger partial charge in [-0.15, -0.1) is 0 Å². The highest BCUT2D eigenvalue weighted by molar-refractivity contribution is 6.07. The van der Waals surface area contributed by atoms with Gasteiger partial charge >= 0.3 is 0 Å². The highest BCUT2D eigenvalue weighted by Gasteiger charge is 2.27. The van der Waals surface area contributed by atoms with Crippen molar-refractivity contribution in [2.45, 2.75) is 6.42 Å². The van der Waals surface area contributed by atoms with Gasteiger partial charge in [0.15, 0.2) is 0 Å². The fraction of sp³-hybridized carbons (Fsp3) is 0.133. The number of fused-ring (bicyclic) bond motifs is 1. The molecule has 0 fully saturated rings. The van der Waals surface area contributed by atoms with Gasteiger partial charge in [0, 0.05) is 35.1 Å². The Morgan fingerprint density at radius 1 is 1.15 bits per heavy atom. The highest BCUT2D eigenvalue weighted by atomic mass is 19.1. The first-order valence-electron chi connectivity index (χ1n) is 6.21. The number of amides is 1. The van der Waals surface area contributed by atoms with Gasteiger partial charge in [0.05, 0.1) is 0 Å². The number of nitrogens with two attached hydrogens (primary N) is 1. The van der Waals surface area contributed by atoms with Gasteiger partial charge in [0.2, 0.25) is 0 Å². The number of halogens is 2. The van der Waals surface area contributed by atoms with Gasteiger partial charge in [0.25, 0.3) is 5.91 Å². The first kappa shape index (κ1) is 12.6. The predicted molar refractivity (Wildman–Crippen MR) is 72.6 cm³/mol. The first-order chi connectivity index (χ1) is 9.56. The van der Waals surface area contributed by atoms with Crippen molar-refractivity contribution in [2.75, 3.05) is 17.2 Å². The lowest BCUT2D eigenvalue weighted by Crippen LogP contribution is -2.29. The van der Waals surface area contributed by atoms with Crippen LogP contribution in [0.15, 0.2) is 36.4 Å². The average molecular weight is 274 g/mol. The van der Waals surface area contributed by atoms with Crippen LogP contribution in [0.3, 0.4) is 0 Å². The number of nitrogen functional groups attached to an aromatic ring is 1. The van der Waals surface area contributed by atoms with Crippen LogP contribution < -0.4 is 10.6 Å². The zero-order valence-electron chi connectivity index (χ0n) is 10.6. The van der Waals surface area contributed by atoms with Crippen LogP contribution in [-0.2, 0) is 6.42 Å². The molecule has 3 rings (SSSR count). The Morgan fingerprint density at radius 2 is 1.85 bits per heavy atom. The Kier molecular flexibility index (Phi) is 2.89. The van der Waals surface area contributed by atoms with Gasteiger partial charge in [-0.1, -0.05) is 6.07 Å². The topological polar surface area (TPSA) is 46.3 Å². The van der Waals surface area contributed by atoms with E-state index in [0.29, 0.717) is 24.3 Å². The van der Waals surface area contributed by atoms with Gasteiger partial charge in [-0.05, 0) is 30.7 Å². The van der Waals surface area contributed by atoms with Crippen molar-refractivity contribution in [1.82, 2.24) is 0 Å². The number of rotatable bonds is 1. The monoisotopic (exact) mass is 274 g/mol. The summed E-state index contributed by atoms with van der Waals surface area (Å²) in [5, 5.41) is 0. The lowest BCUT2D eigenvalue weighted by atomic mass is 10.1. The lowest BCUT2D eigenvalue weighted by Gasteiger charge is -2.17. The molecule has 102 valence electrons. The fourth-order valence-electron chi connectivity index (χ4n) is 2.51. The molecule has 3 nitrogen and oxygen atoms in total. The molecule has 1 aliphatic heterocycles. The van der Waals surface area contributed by atoms with Gasteiger partial charge < -0.3 is 10.6 Å². The second-order valence-corrected chi connectivity index (χ2v) is 4.71. The Morgan fingerprint density at radius 3 is 2.55 bits per heavy atom. The predicted octanol–water partition coefficient (Wildman–Crippen LogP) is 2.75. The van der Waals surface area contributed by atoms with Crippen LogP contribution >= 0.6 is 0 Å². The standard InChI is InChI=1S/C15H12F2N2O/c16-10-6-9(7-11(17)8-10)15(20)19-5-4-12-13(18)2-1-3-14(12)19/h1-3,6-8H,4-5,18H2. The van der Waals surface area contributed by atoms with Crippen molar-refractivity contribution >= 4 is 17.3 Å². The first-order valence-corrected chi connectivity index (χ1v) is 6.21. The second-order valence-electron chi connectivity index (χ2n) is 4.71. The molecule has 0 radical (unpaired) electrons. The van der Waals surface area contributed by atoms with Crippen LogP contribution in [0, 0.1) is 11.6 Å². The summed E-state index contributed by atoms with van der Waals surface area (Å²) in [6, 6.07) is 8.13. The summed E-state index contributed by atoms with van der Waals surface area (Å²) in [5.74, 6) is -1.95. The number of anilines is 2. The van der Waals surface area contributed by atoms with E-state index in [2.05, 4.69) is 0 Å². The molecule has 0 unspecified atom stereocenters. The molecule has 20 heavy (non-hydrogen) atoms. The zero-order chi connectivity index (χ0) is 14.3. The molecular formula is C15H12F2N2O. The minimum Gasteiger partial charge on any atom is -0.398 e. The number of hydrogen-bond acceptors (Lipinski definition) is 2. The van der Waals surface area contributed by atoms with Crippen molar-refractivity contribution in [3.8, 4) is 0 Å². The maximum absolute atomic E-state index is 13.2. The molecule has 5 heteroatoms. The van der Waals surface area contributed by atoms with E-state index in [4.69, 9.17) is 5.73 Å². The molecule has 2 N–H and O–H groups in total. The smallest absolute Gasteiger partial charge is 0.258 e. The van der Waals surface area contributed by atoms with E-state index >= 15 is 0 Å². The number of benzene rings is 2. The Labute approximate surface area is 114 Å². The maximum Gasteiger partial charge on any atom is 0.258 e. The van der Waals surface area contributed by atoms with Crippen molar-refractivity contribution in [3.63, 3.8) is 0 Å². The van der Waals surface area contributed by atoms with Gasteiger partial charge in [-0.2, -0.15) is 0 Å². The van der Waals surface area contributed by atoms with E-state index in [1.165, 1.54) is 4.90 Å². The third kappa shape index (κ3) is 2.01. The van der Waals surface area contributed by atoms with E-state index in [-0.39, 0.29) is 5.56 Å². The Balaban J connectivity index is 2.00. The third-order valence-electron chi connectivity index (χ3n) is 3.42. The summed E-state index contributed by atoms with van der Waals surface area (Å²) >= 11 is 0. The largest absolute Gasteiger partial charge is 0.398 e. The van der Waals surface area contributed by atoms with Crippen LogP contribution in [0.25, 0.3) is 0 Å². The van der Waals surface area contributed by atoms with Crippen molar-refractivity contribution in [3.05, 3.63) is 59.2 Å². The van der Waals surface area contributed by atoms with Crippen LogP contribution in [0.2, 0.25) is 0 Å². The van der Waals surface area contributed by atoms with E-state index in [9.17, 15) is 13.6 Å². The van der Waals surface area contributed by atoms with Crippen LogP contribution in [0.4, 0.5) is 20.2 Å². The molecule has 1 amide bonds.